The first kappa shape index (κ1) is 29.5. The van der Waals surface area contributed by atoms with Crippen molar-refractivity contribution in [1.82, 2.24) is 5.32 Å². The highest BCUT2D eigenvalue weighted by Gasteiger charge is 2.27. The number of halogens is 1. The number of nitrogens with zero attached hydrogens (tertiary/aromatic N) is 1. The average molecular weight is 610 g/mol. The van der Waals surface area contributed by atoms with Gasteiger partial charge in [-0.2, -0.15) is 0 Å². The maximum atomic E-state index is 13.6. The predicted molar refractivity (Wildman–Crippen MR) is 161 cm³/mol. The number of benzene rings is 3. The van der Waals surface area contributed by atoms with E-state index in [9.17, 15) is 14.7 Å². The summed E-state index contributed by atoms with van der Waals surface area (Å²) in [6, 6.07) is 17.2. The fourth-order valence-electron chi connectivity index (χ4n) is 5.58. The predicted octanol–water partition coefficient (Wildman–Crippen LogP) is 6.69. The molecule has 1 atom stereocenters. The molecule has 0 radical (unpaired) electrons. The van der Waals surface area contributed by atoms with Crippen molar-refractivity contribution in [3.8, 4) is 11.5 Å². The molecule has 0 spiro atoms. The molecule has 1 aliphatic rings. The van der Waals surface area contributed by atoms with Gasteiger partial charge in [-0.1, -0.05) is 59.5 Å². The van der Waals surface area contributed by atoms with Gasteiger partial charge in [-0.25, -0.2) is 4.79 Å². The lowest BCUT2D eigenvalue weighted by atomic mass is 9.90. The summed E-state index contributed by atoms with van der Waals surface area (Å²) >= 11 is 3.45. The number of nitrogens with one attached hydrogen (secondary N) is 1. The molecular weight excluding hydrogens is 572 g/mol. The molecule has 3 aromatic rings. The zero-order valence-corrected chi connectivity index (χ0v) is 25.1. The van der Waals surface area contributed by atoms with Gasteiger partial charge in [-0.05, 0) is 66.8 Å². The summed E-state index contributed by atoms with van der Waals surface area (Å²) < 4.78 is 11.2. The SMILES string of the molecule is COc1ccc(C(NC(=O)Cc2cc(OC)c(C(=O)O)cc2Br)c2c(C)cccc2N(C)C2CCCCC2)cc1. The zero-order valence-electron chi connectivity index (χ0n) is 23.5. The molecule has 0 aromatic heterocycles. The first-order chi connectivity index (χ1) is 19.2. The van der Waals surface area contributed by atoms with Crippen LogP contribution < -0.4 is 19.7 Å². The molecule has 1 amide bonds. The van der Waals surface area contributed by atoms with Crippen molar-refractivity contribution in [3.63, 3.8) is 0 Å². The Morgan fingerprint density at radius 3 is 2.38 bits per heavy atom. The second kappa shape index (κ2) is 13.2. The first-order valence-electron chi connectivity index (χ1n) is 13.6. The number of rotatable bonds is 10. The van der Waals surface area contributed by atoms with Crippen molar-refractivity contribution < 1.29 is 24.2 Å². The molecule has 2 N–H and O–H groups in total. The van der Waals surface area contributed by atoms with Gasteiger partial charge in [0.1, 0.15) is 17.1 Å². The van der Waals surface area contributed by atoms with Crippen molar-refractivity contribution in [2.24, 2.45) is 0 Å². The van der Waals surface area contributed by atoms with Crippen LogP contribution in [0.4, 0.5) is 5.69 Å². The van der Waals surface area contributed by atoms with Crippen molar-refractivity contribution in [3.05, 3.63) is 86.9 Å². The molecule has 40 heavy (non-hydrogen) atoms. The molecule has 212 valence electrons. The number of ether oxygens (including phenoxy) is 2. The van der Waals surface area contributed by atoms with Gasteiger partial charge in [0.25, 0.3) is 0 Å². The normalized spacial score (nSPS) is 14.3. The third-order valence-corrected chi connectivity index (χ3v) is 8.53. The Labute approximate surface area is 244 Å². The zero-order chi connectivity index (χ0) is 28.8. The van der Waals surface area contributed by atoms with E-state index in [2.05, 4.69) is 58.3 Å². The molecule has 0 bridgehead atoms. The largest absolute Gasteiger partial charge is 0.497 e. The second-order valence-electron chi connectivity index (χ2n) is 10.3. The van der Waals surface area contributed by atoms with Crippen LogP contribution in [0.1, 0.15) is 70.8 Å². The lowest BCUT2D eigenvalue weighted by molar-refractivity contribution is -0.120. The molecule has 0 heterocycles. The van der Waals surface area contributed by atoms with E-state index in [1.165, 1.54) is 32.4 Å². The van der Waals surface area contributed by atoms with Crippen LogP contribution in [0.25, 0.3) is 0 Å². The van der Waals surface area contributed by atoms with Crippen molar-refractivity contribution in [2.45, 2.75) is 57.5 Å². The molecule has 0 saturated heterocycles. The van der Waals surface area contributed by atoms with E-state index >= 15 is 0 Å². The highest BCUT2D eigenvalue weighted by molar-refractivity contribution is 9.10. The Hall–Kier alpha value is -3.52. The number of aryl methyl sites for hydroxylation is 1. The van der Waals surface area contributed by atoms with Crippen molar-refractivity contribution in [2.75, 3.05) is 26.2 Å². The Morgan fingerprint density at radius 1 is 1.05 bits per heavy atom. The number of aromatic carboxylic acids is 1. The molecule has 8 heteroatoms. The number of anilines is 1. The molecule has 1 aliphatic carbocycles. The molecule has 4 rings (SSSR count). The number of carboxylic acids is 1. The molecule has 3 aromatic carbocycles. The van der Waals surface area contributed by atoms with Crippen LogP contribution in [0.2, 0.25) is 0 Å². The summed E-state index contributed by atoms with van der Waals surface area (Å²) in [7, 11) is 5.21. The molecule has 1 unspecified atom stereocenters. The van der Waals surface area contributed by atoms with E-state index in [0.717, 1.165) is 41.0 Å². The van der Waals surface area contributed by atoms with E-state index in [1.54, 1.807) is 13.2 Å². The van der Waals surface area contributed by atoms with Crippen LogP contribution in [0.15, 0.2) is 59.1 Å². The van der Waals surface area contributed by atoms with Gasteiger partial charge in [0.15, 0.2) is 0 Å². The Morgan fingerprint density at radius 2 is 1.75 bits per heavy atom. The summed E-state index contributed by atoms with van der Waals surface area (Å²) in [6.07, 6.45) is 6.10. The van der Waals surface area contributed by atoms with Gasteiger partial charge in [-0.15, -0.1) is 0 Å². The Bertz CT molecular complexity index is 1350. The van der Waals surface area contributed by atoms with Gasteiger partial charge < -0.3 is 24.8 Å². The third kappa shape index (κ3) is 6.61. The standard InChI is InChI=1S/C32H37BrN2O5/c1-20-9-8-12-27(35(2)23-10-6-5-7-11-23)30(20)31(21-13-15-24(39-3)16-14-21)34-29(36)18-22-17-28(40-4)25(32(37)38)19-26(22)33/h8-9,12-17,19,23,31H,5-7,10-11,18H2,1-4H3,(H,34,36)(H,37,38). The van der Waals surface area contributed by atoms with Crippen molar-refractivity contribution >= 4 is 33.5 Å². The van der Waals surface area contributed by atoms with Crippen LogP contribution in [-0.2, 0) is 11.2 Å². The first-order valence-corrected chi connectivity index (χ1v) is 14.4. The molecular formula is C32H37BrN2O5. The minimum absolute atomic E-state index is 0.0324. The van der Waals surface area contributed by atoms with E-state index in [0.29, 0.717) is 16.1 Å². The summed E-state index contributed by atoms with van der Waals surface area (Å²) in [4.78, 5) is 27.6. The number of hydrogen-bond acceptors (Lipinski definition) is 5. The highest BCUT2D eigenvalue weighted by atomic mass is 79.9. The quantitative estimate of drug-likeness (QED) is 0.266. The molecule has 7 nitrogen and oxygen atoms in total. The maximum absolute atomic E-state index is 13.6. The number of carboxylic acid groups (broad SMARTS) is 1. The second-order valence-corrected chi connectivity index (χ2v) is 11.2. The highest BCUT2D eigenvalue weighted by Crippen LogP contribution is 2.37. The summed E-state index contributed by atoms with van der Waals surface area (Å²) in [6.45, 7) is 2.09. The van der Waals surface area contributed by atoms with Gasteiger partial charge in [-0.3, -0.25) is 4.79 Å². The molecule has 0 aliphatic heterocycles. The van der Waals surface area contributed by atoms with Crippen LogP contribution in [-0.4, -0.2) is 44.3 Å². The number of methoxy groups -OCH3 is 2. The van der Waals surface area contributed by atoms with Crippen LogP contribution in [0, 0.1) is 6.92 Å². The number of hydrogen-bond donors (Lipinski definition) is 2. The smallest absolute Gasteiger partial charge is 0.339 e. The summed E-state index contributed by atoms with van der Waals surface area (Å²) in [5.41, 5.74) is 4.88. The minimum atomic E-state index is -1.10. The fourth-order valence-corrected chi connectivity index (χ4v) is 6.07. The summed E-state index contributed by atoms with van der Waals surface area (Å²) in [5, 5.41) is 12.8. The van der Waals surface area contributed by atoms with Gasteiger partial charge in [0.05, 0.1) is 26.7 Å². The van der Waals surface area contributed by atoms with Gasteiger partial charge in [0, 0.05) is 28.8 Å². The summed E-state index contributed by atoms with van der Waals surface area (Å²) in [5.74, 6) is -0.336. The van der Waals surface area contributed by atoms with Crippen LogP contribution >= 0.6 is 15.9 Å². The minimum Gasteiger partial charge on any atom is -0.497 e. The van der Waals surface area contributed by atoms with Crippen LogP contribution in [0.3, 0.4) is 0 Å². The topological polar surface area (TPSA) is 88.1 Å². The van der Waals surface area contributed by atoms with Gasteiger partial charge >= 0.3 is 5.97 Å². The van der Waals surface area contributed by atoms with E-state index in [4.69, 9.17) is 9.47 Å². The van der Waals surface area contributed by atoms with Gasteiger partial charge in [0.2, 0.25) is 5.91 Å². The molecule has 1 fully saturated rings. The van der Waals surface area contributed by atoms with E-state index in [1.807, 2.05) is 24.3 Å². The van der Waals surface area contributed by atoms with E-state index < -0.39 is 12.0 Å². The number of carbonyl (C=O) groups excluding carboxylic acids is 1. The van der Waals surface area contributed by atoms with Crippen LogP contribution in [0.5, 0.6) is 11.5 Å². The lowest BCUT2D eigenvalue weighted by Gasteiger charge is -2.36. The average Bonchev–Trinajstić information content (AvgIpc) is 2.97. The van der Waals surface area contributed by atoms with E-state index in [-0.39, 0.29) is 23.6 Å². The van der Waals surface area contributed by atoms with Crippen molar-refractivity contribution in [1.29, 1.82) is 0 Å². The number of amides is 1. The number of carbonyl (C=O) groups is 2. The Balaban J connectivity index is 1.71. The third-order valence-electron chi connectivity index (χ3n) is 7.80. The Kier molecular flexibility index (Phi) is 9.74. The molecule has 1 saturated carbocycles. The maximum Gasteiger partial charge on any atom is 0.339 e. The fraction of sp³-hybridized carbons (Fsp3) is 0.375. The lowest BCUT2D eigenvalue weighted by Crippen LogP contribution is -2.36. The monoisotopic (exact) mass is 608 g/mol.